The fourth-order valence-corrected chi connectivity index (χ4v) is 2.58. The molecule has 2 N–H and O–H groups in total. The van der Waals surface area contributed by atoms with Crippen molar-refractivity contribution in [3.05, 3.63) is 46.2 Å². The van der Waals surface area contributed by atoms with E-state index in [4.69, 9.17) is 0 Å². The fraction of sp³-hybridized carbons (Fsp3) is 0.438. The lowest BCUT2D eigenvalue weighted by Crippen LogP contribution is -2.21. The zero-order valence-electron chi connectivity index (χ0n) is 12.9. The van der Waals surface area contributed by atoms with E-state index in [0.29, 0.717) is 0 Å². The highest BCUT2D eigenvalue weighted by Gasteiger charge is 2.26. The highest BCUT2D eigenvalue weighted by molar-refractivity contribution is 9.10. The van der Waals surface area contributed by atoms with Gasteiger partial charge in [-0.05, 0) is 24.3 Å². The molecular formula is C16H22BrN3O. The molecule has 0 aliphatic heterocycles. The van der Waals surface area contributed by atoms with Crippen molar-refractivity contribution in [2.24, 2.45) is 7.05 Å². The molecule has 5 heteroatoms. The van der Waals surface area contributed by atoms with E-state index in [9.17, 15) is 5.11 Å². The van der Waals surface area contributed by atoms with Gasteiger partial charge < -0.3 is 10.4 Å². The van der Waals surface area contributed by atoms with Crippen molar-refractivity contribution in [1.82, 2.24) is 9.78 Å². The predicted octanol–water partition coefficient (Wildman–Crippen LogP) is 3.63. The Labute approximate surface area is 134 Å². The molecule has 0 aliphatic carbocycles. The lowest BCUT2D eigenvalue weighted by molar-refractivity contribution is 0.275. The molecule has 114 valence electrons. The van der Waals surface area contributed by atoms with Gasteiger partial charge in [-0.2, -0.15) is 5.10 Å². The molecule has 0 bridgehead atoms. The Kier molecular flexibility index (Phi) is 4.74. The normalized spacial score (nSPS) is 13.2. The van der Waals surface area contributed by atoms with Crippen LogP contribution in [0.1, 0.15) is 38.1 Å². The van der Waals surface area contributed by atoms with E-state index in [0.717, 1.165) is 21.4 Å². The van der Waals surface area contributed by atoms with Crippen molar-refractivity contribution in [2.75, 3.05) is 11.9 Å². The van der Waals surface area contributed by atoms with Gasteiger partial charge in [-0.3, -0.25) is 4.68 Å². The Morgan fingerprint density at radius 2 is 1.90 bits per heavy atom. The van der Waals surface area contributed by atoms with Crippen molar-refractivity contribution in [1.29, 1.82) is 0 Å². The molecule has 0 radical (unpaired) electrons. The van der Waals surface area contributed by atoms with E-state index >= 15 is 0 Å². The number of rotatable bonds is 4. The summed E-state index contributed by atoms with van der Waals surface area (Å²) in [6.45, 7) is 6.41. The van der Waals surface area contributed by atoms with Gasteiger partial charge in [0.25, 0.3) is 0 Å². The van der Waals surface area contributed by atoms with Crippen molar-refractivity contribution >= 4 is 21.6 Å². The Morgan fingerprint density at radius 1 is 1.29 bits per heavy atom. The minimum Gasteiger partial charge on any atom is -0.394 e. The summed E-state index contributed by atoms with van der Waals surface area (Å²) in [6, 6.07) is 7.75. The van der Waals surface area contributed by atoms with Crippen LogP contribution in [0.5, 0.6) is 0 Å². The van der Waals surface area contributed by atoms with E-state index in [1.165, 1.54) is 0 Å². The van der Waals surface area contributed by atoms with E-state index in [1.807, 2.05) is 42.2 Å². The molecular weight excluding hydrogens is 330 g/mol. The number of halogens is 1. The summed E-state index contributed by atoms with van der Waals surface area (Å²) in [5.74, 6) is 0. The molecule has 0 spiro atoms. The highest BCUT2D eigenvalue weighted by atomic mass is 79.9. The SMILES string of the molecule is Cn1cc(C(CO)Nc2ccc(Br)cc2)c(C(C)(C)C)n1. The molecule has 4 nitrogen and oxygen atoms in total. The molecule has 0 amide bonds. The third-order valence-corrected chi connectivity index (χ3v) is 3.84. The molecule has 1 aromatic carbocycles. The second-order valence-electron chi connectivity index (χ2n) is 6.24. The zero-order chi connectivity index (χ0) is 15.6. The maximum Gasteiger partial charge on any atom is 0.0778 e. The summed E-state index contributed by atoms with van der Waals surface area (Å²) >= 11 is 3.42. The fourth-order valence-electron chi connectivity index (χ4n) is 2.31. The molecule has 0 aliphatic rings. The molecule has 1 unspecified atom stereocenters. The van der Waals surface area contributed by atoms with Crippen LogP contribution < -0.4 is 5.32 Å². The van der Waals surface area contributed by atoms with E-state index in [2.05, 4.69) is 47.1 Å². The third-order valence-electron chi connectivity index (χ3n) is 3.31. The van der Waals surface area contributed by atoms with Gasteiger partial charge in [-0.15, -0.1) is 0 Å². The second kappa shape index (κ2) is 6.20. The summed E-state index contributed by atoms with van der Waals surface area (Å²) in [6.07, 6.45) is 1.98. The first kappa shape index (κ1) is 16.0. The molecule has 0 fully saturated rings. The minimum atomic E-state index is -0.172. The topological polar surface area (TPSA) is 50.1 Å². The first-order valence-corrected chi connectivity index (χ1v) is 7.77. The van der Waals surface area contributed by atoms with Crippen molar-refractivity contribution in [3.63, 3.8) is 0 Å². The summed E-state index contributed by atoms with van der Waals surface area (Å²) in [4.78, 5) is 0. The summed E-state index contributed by atoms with van der Waals surface area (Å²) in [5.41, 5.74) is 2.95. The van der Waals surface area contributed by atoms with Gasteiger partial charge in [0.05, 0.1) is 18.3 Å². The number of anilines is 1. The number of aliphatic hydroxyl groups excluding tert-OH is 1. The molecule has 2 rings (SSSR count). The largest absolute Gasteiger partial charge is 0.394 e. The number of aromatic nitrogens is 2. The number of benzene rings is 1. The number of nitrogens with one attached hydrogen (secondary N) is 1. The third kappa shape index (κ3) is 3.86. The first-order valence-electron chi connectivity index (χ1n) is 6.98. The van der Waals surface area contributed by atoms with Gasteiger partial charge >= 0.3 is 0 Å². The number of aliphatic hydroxyl groups is 1. The van der Waals surface area contributed by atoms with Crippen molar-refractivity contribution in [3.8, 4) is 0 Å². The van der Waals surface area contributed by atoms with Gasteiger partial charge in [-0.1, -0.05) is 36.7 Å². The van der Waals surface area contributed by atoms with E-state index in [1.54, 1.807) is 0 Å². The monoisotopic (exact) mass is 351 g/mol. The van der Waals surface area contributed by atoms with Crippen LogP contribution in [0.4, 0.5) is 5.69 Å². The number of aryl methyl sites for hydroxylation is 1. The van der Waals surface area contributed by atoms with Crippen LogP contribution in [0.15, 0.2) is 34.9 Å². The standard InChI is InChI=1S/C16H22BrN3O/c1-16(2,3)15-13(9-20(4)19-15)14(10-21)18-12-7-5-11(17)6-8-12/h5-9,14,18,21H,10H2,1-4H3. The number of hydrogen-bond acceptors (Lipinski definition) is 3. The van der Waals surface area contributed by atoms with Crippen LogP contribution in [-0.2, 0) is 12.5 Å². The van der Waals surface area contributed by atoms with E-state index in [-0.39, 0.29) is 18.1 Å². The molecule has 1 aromatic heterocycles. The smallest absolute Gasteiger partial charge is 0.0778 e. The summed E-state index contributed by atoms with van der Waals surface area (Å²) in [5, 5.41) is 17.7. The molecule has 0 saturated heterocycles. The predicted molar refractivity (Wildman–Crippen MR) is 89.5 cm³/mol. The molecule has 0 saturated carbocycles. The lowest BCUT2D eigenvalue weighted by atomic mass is 9.87. The van der Waals surface area contributed by atoms with Crippen LogP contribution in [0.25, 0.3) is 0 Å². The average Bonchev–Trinajstić information content (AvgIpc) is 2.80. The van der Waals surface area contributed by atoms with Crippen LogP contribution in [0.3, 0.4) is 0 Å². The van der Waals surface area contributed by atoms with Crippen LogP contribution in [0.2, 0.25) is 0 Å². The molecule has 1 heterocycles. The van der Waals surface area contributed by atoms with E-state index < -0.39 is 0 Å². The second-order valence-corrected chi connectivity index (χ2v) is 7.16. The Morgan fingerprint density at radius 3 is 2.43 bits per heavy atom. The molecule has 2 aromatic rings. The molecule has 1 atom stereocenters. The van der Waals surface area contributed by atoms with Crippen LogP contribution >= 0.6 is 15.9 Å². The maximum atomic E-state index is 9.79. The van der Waals surface area contributed by atoms with Crippen molar-refractivity contribution < 1.29 is 5.11 Å². The minimum absolute atomic E-state index is 0.0187. The Balaban J connectivity index is 2.31. The van der Waals surface area contributed by atoms with Gasteiger partial charge in [0.1, 0.15) is 0 Å². The number of hydrogen-bond donors (Lipinski definition) is 2. The van der Waals surface area contributed by atoms with Crippen LogP contribution in [-0.4, -0.2) is 21.5 Å². The van der Waals surface area contributed by atoms with Gasteiger partial charge in [-0.25, -0.2) is 0 Å². The highest BCUT2D eigenvalue weighted by Crippen LogP contribution is 2.30. The Hall–Kier alpha value is -1.33. The van der Waals surface area contributed by atoms with Gasteiger partial charge in [0.15, 0.2) is 0 Å². The summed E-state index contributed by atoms with van der Waals surface area (Å²) < 4.78 is 2.84. The van der Waals surface area contributed by atoms with Gasteiger partial charge in [0, 0.05) is 34.4 Å². The first-order chi connectivity index (χ1) is 9.81. The maximum absolute atomic E-state index is 9.79. The van der Waals surface area contributed by atoms with Crippen molar-refractivity contribution in [2.45, 2.75) is 32.2 Å². The Bertz CT molecular complexity index is 599. The average molecular weight is 352 g/mol. The zero-order valence-corrected chi connectivity index (χ0v) is 14.5. The molecule has 21 heavy (non-hydrogen) atoms. The van der Waals surface area contributed by atoms with Crippen LogP contribution in [0, 0.1) is 0 Å². The quantitative estimate of drug-likeness (QED) is 0.884. The van der Waals surface area contributed by atoms with Gasteiger partial charge in [0.2, 0.25) is 0 Å². The lowest BCUT2D eigenvalue weighted by Gasteiger charge is -2.23. The summed E-state index contributed by atoms with van der Waals surface area (Å²) in [7, 11) is 1.91. The number of nitrogens with zero attached hydrogens (tertiary/aromatic N) is 2.